The summed E-state index contributed by atoms with van der Waals surface area (Å²) in [4.78, 5) is 0. The second-order valence-electron chi connectivity index (χ2n) is 3.03. The average Bonchev–Trinajstić information content (AvgIpc) is 2.50. The maximum atomic E-state index is 8.73. The SMILES string of the molecule is CCC(C)C1OCC(CO)O1. The molecule has 3 nitrogen and oxygen atoms in total. The lowest BCUT2D eigenvalue weighted by Crippen LogP contribution is -2.20. The molecule has 3 unspecified atom stereocenters. The Bertz CT molecular complexity index is 116. The second kappa shape index (κ2) is 4.04. The Morgan fingerprint density at radius 1 is 1.64 bits per heavy atom. The van der Waals surface area contributed by atoms with Crippen LogP contribution in [0.5, 0.6) is 0 Å². The number of ether oxygens (including phenoxy) is 2. The molecule has 1 aliphatic heterocycles. The molecule has 0 aromatic carbocycles. The smallest absolute Gasteiger partial charge is 0.160 e. The Balaban J connectivity index is 2.29. The maximum Gasteiger partial charge on any atom is 0.160 e. The molecule has 3 heteroatoms. The van der Waals surface area contributed by atoms with Gasteiger partial charge in [0.1, 0.15) is 6.10 Å². The first-order chi connectivity index (χ1) is 5.27. The summed E-state index contributed by atoms with van der Waals surface area (Å²) in [6, 6.07) is 0. The third-order valence-electron chi connectivity index (χ3n) is 2.09. The van der Waals surface area contributed by atoms with Crippen molar-refractivity contribution in [3.63, 3.8) is 0 Å². The van der Waals surface area contributed by atoms with Crippen molar-refractivity contribution in [1.29, 1.82) is 0 Å². The normalized spacial score (nSPS) is 34.1. The number of rotatable bonds is 3. The predicted molar refractivity (Wildman–Crippen MR) is 41.2 cm³/mol. The van der Waals surface area contributed by atoms with Crippen molar-refractivity contribution < 1.29 is 14.6 Å². The molecule has 1 aliphatic rings. The molecule has 0 aromatic heterocycles. The van der Waals surface area contributed by atoms with Crippen LogP contribution in [0.3, 0.4) is 0 Å². The fourth-order valence-electron chi connectivity index (χ4n) is 1.06. The lowest BCUT2D eigenvalue weighted by atomic mass is 10.1. The molecule has 0 aliphatic carbocycles. The van der Waals surface area contributed by atoms with Gasteiger partial charge in [0.2, 0.25) is 0 Å². The lowest BCUT2D eigenvalue weighted by molar-refractivity contribution is -0.0978. The highest BCUT2D eigenvalue weighted by Gasteiger charge is 2.28. The standard InChI is InChI=1S/C8H16O3/c1-3-6(2)8-10-5-7(4-9)11-8/h6-9H,3-5H2,1-2H3. The van der Waals surface area contributed by atoms with Crippen molar-refractivity contribution in [3.05, 3.63) is 0 Å². The molecule has 3 atom stereocenters. The molecule has 0 radical (unpaired) electrons. The number of hydrogen-bond acceptors (Lipinski definition) is 3. The predicted octanol–water partition coefficient (Wildman–Crippen LogP) is 0.766. The molecule has 0 aromatic rings. The highest BCUT2D eigenvalue weighted by atomic mass is 16.7. The molecule has 1 fully saturated rings. The minimum atomic E-state index is -0.103. The van der Waals surface area contributed by atoms with Gasteiger partial charge in [-0.15, -0.1) is 0 Å². The van der Waals surface area contributed by atoms with Crippen LogP contribution in [-0.4, -0.2) is 30.7 Å². The van der Waals surface area contributed by atoms with Crippen LogP contribution in [0.15, 0.2) is 0 Å². The van der Waals surface area contributed by atoms with Crippen LogP contribution < -0.4 is 0 Å². The molecule has 0 bridgehead atoms. The molecule has 66 valence electrons. The minimum Gasteiger partial charge on any atom is -0.394 e. The molecular formula is C8H16O3. The molecule has 0 saturated carbocycles. The van der Waals surface area contributed by atoms with E-state index in [2.05, 4.69) is 13.8 Å². The van der Waals surface area contributed by atoms with Gasteiger partial charge in [-0.3, -0.25) is 0 Å². The Kier molecular flexibility index (Phi) is 3.30. The maximum absolute atomic E-state index is 8.73. The van der Waals surface area contributed by atoms with Crippen LogP contribution in [0.4, 0.5) is 0 Å². The Hall–Kier alpha value is -0.120. The summed E-state index contributed by atoms with van der Waals surface area (Å²) in [6.07, 6.45) is 0.842. The largest absolute Gasteiger partial charge is 0.394 e. The molecule has 1 rings (SSSR count). The topological polar surface area (TPSA) is 38.7 Å². The third kappa shape index (κ3) is 2.15. The van der Waals surface area contributed by atoms with Gasteiger partial charge in [-0.2, -0.15) is 0 Å². The fraction of sp³-hybridized carbons (Fsp3) is 1.00. The van der Waals surface area contributed by atoms with E-state index in [0.29, 0.717) is 12.5 Å². The third-order valence-corrected chi connectivity index (χ3v) is 2.09. The molecule has 0 amide bonds. The van der Waals surface area contributed by atoms with E-state index in [-0.39, 0.29) is 19.0 Å². The van der Waals surface area contributed by atoms with Crippen molar-refractivity contribution >= 4 is 0 Å². The van der Waals surface area contributed by atoms with Gasteiger partial charge in [0.05, 0.1) is 13.2 Å². The highest BCUT2D eigenvalue weighted by molar-refractivity contribution is 4.67. The van der Waals surface area contributed by atoms with E-state index < -0.39 is 0 Å². The molecule has 1 N–H and O–H groups in total. The van der Waals surface area contributed by atoms with Crippen molar-refractivity contribution in [1.82, 2.24) is 0 Å². The van der Waals surface area contributed by atoms with Gasteiger partial charge in [0, 0.05) is 5.92 Å². The summed E-state index contributed by atoms with van der Waals surface area (Å²) >= 11 is 0. The summed E-state index contributed by atoms with van der Waals surface area (Å²) in [5, 5.41) is 8.73. The van der Waals surface area contributed by atoms with Crippen LogP contribution >= 0.6 is 0 Å². The molecule has 11 heavy (non-hydrogen) atoms. The first-order valence-corrected chi connectivity index (χ1v) is 4.15. The van der Waals surface area contributed by atoms with Gasteiger partial charge in [-0.05, 0) is 6.42 Å². The zero-order valence-electron chi connectivity index (χ0n) is 7.12. The number of aliphatic hydroxyl groups is 1. The molecule has 0 spiro atoms. The van der Waals surface area contributed by atoms with Gasteiger partial charge in [-0.25, -0.2) is 0 Å². The monoisotopic (exact) mass is 160 g/mol. The molecule has 1 saturated heterocycles. The van der Waals surface area contributed by atoms with Gasteiger partial charge in [0.15, 0.2) is 6.29 Å². The highest BCUT2D eigenvalue weighted by Crippen LogP contribution is 2.20. The number of hydrogen-bond donors (Lipinski definition) is 1. The van der Waals surface area contributed by atoms with Gasteiger partial charge >= 0.3 is 0 Å². The lowest BCUT2D eigenvalue weighted by Gasteiger charge is -2.16. The second-order valence-corrected chi connectivity index (χ2v) is 3.03. The van der Waals surface area contributed by atoms with E-state index in [4.69, 9.17) is 14.6 Å². The minimum absolute atomic E-state index is 0.0624. The van der Waals surface area contributed by atoms with Crippen molar-refractivity contribution in [3.8, 4) is 0 Å². The summed E-state index contributed by atoms with van der Waals surface area (Å²) < 4.78 is 10.7. The van der Waals surface area contributed by atoms with E-state index in [9.17, 15) is 0 Å². The van der Waals surface area contributed by atoms with Crippen molar-refractivity contribution in [2.75, 3.05) is 13.2 Å². The van der Waals surface area contributed by atoms with Gasteiger partial charge in [0.25, 0.3) is 0 Å². The molecule has 1 heterocycles. The van der Waals surface area contributed by atoms with Crippen LogP contribution in [-0.2, 0) is 9.47 Å². The zero-order chi connectivity index (χ0) is 8.27. The summed E-state index contributed by atoms with van der Waals surface area (Å²) in [5.74, 6) is 0.423. The van der Waals surface area contributed by atoms with Crippen LogP contribution in [0.25, 0.3) is 0 Å². The van der Waals surface area contributed by atoms with Gasteiger partial charge in [-0.1, -0.05) is 13.8 Å². The van der Waals surface area contributed by atoms with Crippen LogP contribution in [0, 0.1) is 5.92 Å². The summed E-state index contributed by atoms with van der Waals surface area (Å²) in [5.41, 5.74) is 0. The Labute approximate surface area is 67.3 Å². The van der Waals surface area contributed by atoms with Crippen LogP contribution in [0.1, 0.15) is 20.3 Å². The summed E-state index contributed by atoms with van der Waals surface area (Å²) in [6.45, 7) is 4.78. The first kappa shape index (κ1) is 8.97. The van der Waals surface area contributed by atoms with Crippen molar-refractivity contribution in [2.45, 2.75) is 32.7 Å². The van der Waals surface area contributed by atoms with E-state index in [1.807, 2.05) is 0 Å². The van der Waals surface area contributed by atoms with Crippen LogP contribution in [0.2, 0.25) is 0 Å². The van der Waals surface area contributed by atoms with E-state index in [0.717, 1.165) is 6.42 Å². The number of aliphatic hydroxyl groups excluding tert-OH is 1. The van der Waals surface area contributed by atoms with E-state index in [1.54, 1.807) is 0 Å². The van der Waals surface area contributed by atoms with E-state index >= 15 is 0 Å². The summed E-state index contributed by atoms with van der Waals surface area (Å²) in [7, 11) is 0. The zero-order valence-corrected chi connectivity index (χ0v) is 7.12. The van der Waals surface area contributed by atoms with Gasteiger partial charge < -0.3 is 14.6 Å². The Morgan fingerprint density at radius 2 is 2.36 bits per heavy atom. The Morgan fingerprint density at radius 3 is 2.82 bits per heavy atom. The molecular weight excluding hydrogens is 144 g/mol. The first-order valence-electron chi connectivity index (χ1n) is 4.15. The fourth-order valence-corrected chi connectivity index (χ4v) is 1.06. The van der Waals surface area contributed by atoms with E-state index in [1.165, 1.54) is 0 Å². The van der Waals surface area contributed by atoms with Crippen molar-refractivity contribution in [2.24, 2.45) is 5.92 Å². The quantitative estimate of drug-likeness (QED) is 0.662. The average molecular weight is 160 g/mol.